The quantitative estimate of drug-likeness (QED) is 0.599. The summed E-state index contributed by atoms with van der Waals surface area (Å²) in [6.45, 7) is 0.995. The van der Waals surface area contributed by atoms with Crippen molar-refractivity contribution in [2.45, 2.75) is 6.54 Å². The van der Waals surface area contributed by atoms with Crippen molar-refractivity contribution in [1.82, 2.24) is 5.32 Å². The van der Waals surface area contributed by atoms with Crippen LogP contribution in [0, 0.1) is 0 Å². The maximum absolute atomic E-state index is 11.1. The van der Waals surface area contributed by atoms with E-state index in [0.717, 1.165) is 5.56 Å². The Labute approximate surface area is 101 Å². The van der Waals surface area contributed by atoms with Gasteiger partial charge in [-0.05, 0) is 5.56 Å². The molecule has 4 heteroatoms. The molecule has 0 unspecified atom stereocenters. The van der Waals surface area contributed by atoms with Gasteiger partial charge < -0.3 is 14.8 Å². The fourth-order valence-corrected chi connectivity index (χ4v) is 1.31. The predicted octanol–water partition coefficient (Wildman–Crippen LogP) is 1.48. The number of benzene rings is 1. The minimum absolute atomic E-state index is 0.349. The standard InChI is InChI=1S/C13H17NO3/c1-16-10-12(8-13(15)17-2)14-9-11-6-4-3-5-7-11/h3-8,14H,9-10H2,1-2H3. The van der Waals surface area contributed by atoms with E-state index in [1.807, 2.05) is 30.3 Å². The van der Waals surface area contributed by atoms with Gasteiger partial charge in [0.15, 0.2) is 0 Å². The first-order valence-corrected chi connectivity index (χ1v) is 5.31. The zero-order valence-corrected chi connectivity index (χ0v) is 10.1. The summed E-state index contributed by atoms with van der Waals surface area (Å²) in [6, 6.07) is 9.92. The number of carbonyl (C=O) groups excluding carboxylic acids is 1. The third-order valence-electron chi connectivity index (χ3n) is 2.16. The van der Waals surface area contributed by atoms with Crippen molar-refractivity contribution in [3.05, 3.63) is 47.7 Å². The maximum Gasteiger partial charge on any atom is 0.332 e. The van der Waals surface area contributed by atoms with Crippen molar-refractivity contribution in [1.29, 1.82) is 0 Å². The lowest BCUT2D eigenvalue weighted by atomic mass is 10.2. The van der Waals surface area contributed by atoms with Crippen molar-refractivity contribution >= 4 is 5.97 Å². The summed E-state index contributed by atoms with van der Waals surface area (Å²) in [5, 5.41) is 3.14. The van der Waals surface area contributed by atoms with Crippen molar-refractivity contribution < 1.29 is 14.3 Å². The van der Waals surface area contributed by atoms with Gasteiger partial charge in [-0.25, -0.2) is 4.79 Å². The SMILES string of the molecule is COCC(=CC(=O)OC)NCc1ccccc1. The van der Waals surface area contributed by atoms with Gasteiger partial charge in [0.1, 0.15) is 0 Å². The van der Waals surface area contributed by atoms with Crippen LogP contribution < -0.4 is 5.32 Å². The van der Waals surface area contributed by atoms with E-state index < -0.39 is 5.97 Å². The second-order valence-corrected chi connectivity index (χ2v) is 3.46. The van der Waals surface area contributed by atoms with Crippen LogP contribution in [0.3, 0.4) is 0 Å². The summed E-state index contributed by atoms with van der Waals surface area (Å²) in [5.74, 6) is -0.391. The molecule has 0 aliphatic rings. The highest BCUT2D eigenvalue weighted by atomic mass is 16.5. The summed E-state index contributed by atoms with van der Waals surface area (Å²) in [4.78, 5) is 11.1. The van der Waals surface area contributed by atoms with Crippen LogP contribution in [0.2, 0.25) is 0 Å². The first-order valence-electron chi connectivity index (χ1n) is 5.31. The van der Waals surface area contributed by atoms with E-state index in [0.29, 0.717) is 18.8 Å². The van der Waals surface area contributed by atoms with Gasteiger partial charge in [0.2, 0.25) is 0 Å². The lowest BCUT2D eigenvalue weighted by Gasteiger charge is -2.09. The fourth-order valence-electron chi connectivity index (χ4n) is 1.31. The normalized spacial score (nSPS) is 11.1. The van der Waals surface area contributed by atoms with E-state index in [1.54, 1.807) is 7.11 Å². The van der Waals surface area contributed by atoms with Crippen LogP contribution in [0.15, 0.2) is 42.1 Å². The van der Waals surface area contributed by atoms with Crippen LogP contribution in [0.25, 0.3) is 0 Å². The van der Waals surface area contributed by atoms with Crippen molar-refractivity contribution in [3.63, 3.8) is 0 Å². The Bertz CT molecular complexity index is 374. The van der Waals surface area contributed by atoms with Gasteiger partial charge in [0, 0.05) is 25.4 Å². The monoisotopic (exact) mass is 235 g/mol. The highest BCUT2D eigenvalue weighted by Crippen LogP contribution is 2.00. The molecule has 1 N–H and O–H groups in total. The van der Waals surface area contributed by atoms with E-state index >= 15 is 0 Å². The van der Waals surface area contributed by atoms with E-state index in [1.165, 1.54) is 13.2 Å². The predicted molar refractivity (Wildman–Crippen MR) is 65.3 cm³/mol. The zero-order chi connectivity index (χ0) is 12.5. The zero-order valence-electron chi connectivity index (χ0n) is 10.1. The molecular weight excluding hydrogens is 218 g/mol. The van der Waals surface area contributed by atoms with Gasteiger partial charge in [-0.3, -0.25) is 0 Å². The summed E-state index contributed by atoms with van der Waals surface area (Å²) in [6.07, 6.45) is 1.40. The molecule has 0 aliphatic heterocycles. The lowest BCUT2D eigenvalue weighted by Crippen LogP contribution is -2.18. The molecule has 0 saturated carbocycles. The Kier molecular flexibility index (Phi) is 5.82. The topological polar surface area (TPSA) is 47.6 Å². The van der Waals surface area contributed by atoms with E-state index in [2.05, 4.69) is 10.1 Å². The van der Waals surface area contributed by atoms with Gasteiger partial charge >= 0.3 is 5.97 Å². The van der Waals surface area contributed by atoms with Crippen LogP contribution in [0.5, 0.6) is 0 Å². The van der Waals surface area contributed by atoms with E-state index in [4.69, 9.17) is 4.74 Å². The number of hydrogen-bond donors (Lipinski definition) is 1. The highest BCUT2D eigenvalue weighted by Gasteiger charge is 2.01. The molecular formula is C13H17NO3. The lowest BCUT2D eigenvalue weighted by molar-refractivity contribution is -0.134. The molecule has 0 fully saturated rings. The van der Waals surface area contributed by atoms with Crippen LogP contribution in [0.4, 0.5) is 0 Å². The molecule has 17 heavy (non-hydrogen) atoms. The molecule has 0 radical (unpaired) electrons. The molecule has 0 heterocycles. The molecule has 92 valence electrons. The Hall–Kier alpha value is -1.81. The van der Waals surface area contributed by atoms with Gasteiger partial charge in [0.05, 0.1) is 13.7 Å². The summed E-state index contributed by atoms with van der Waals surface area (Å²) < 4.78 is 9.57. The molecule has 0 aliphatic carbocycles. The largest absolute Gasteiger partial charge is 0.466 e. The van der Waals surface area contributed by atoms with Crippen LogP contribution >= 0.6 is 0 Å². The number of methoxy groups -OCH3 is 2. The number of nitrogens with one attached hydrogen (secondary N) is 1. The van der Waals surface area contributed by atoms with Gasteiger partial charge in [-0.15, -0.1) is 0 Å². The molecule has 4 nitrogen and oxygen atoms in total. The number of esters is 1. The Balaban J connectivity index is 2.56. The second-order valence-electron chi connectivity index (χ2n) is 3.46. The fraction of sp³-hybridized carbons (Fsp3) is 0.308. The van der Waals surface area contributed by atoms with Crippen LogP contribution in [0.1, 0.15) is 5.56 Å². The number of ether oxygens (including phenoxy) is 2. The first-order chi connectivity index (χ1) is 8.26. The van der Waals surface area contributed by atoms with Crippen LogP contribution in [-0.2, 0) is 20.8 Å². The molecule has 0 saturated heterocycles. The number of hydrogen-bond acceptors (Lipinski definition) is 4. The molecule has 1 aromatic carbocycles. The number of carbonyl (C=O) groups is 1. The van der Waals surface area contributed by atoms with Crippen molar-refractivity contribution in [3.8, 4) is 0 Å². The first kappa shape index (κ1) is 13.3. The average Bonchev–Trinajstić information content (AvgIpc) is 2.37. The summed E-state index contributed by atoms with van der Waals surface area (Å²) >= 11 is 0. The Morgan fingerprint density at radius 2 is 2.00 bits per heavy atom. The highest BCUT2D eigenvalue weighted by molar-refractivity contribution is 5.82. The van der Waals surface area contributed by atoms with Crippen molar-refractivity contribution in [2.24, 2.45) is 0 Å². The van der Waals surface area contributed by atoms with Crippen molar-refractivity contribution in [2.75, 3.05) is 20.8 Å². The minimum Gasteiger partial charge on any atom is -0.466 e. The Morgan fingerprint density at radius 3 is 2.59 bits per heavy atom. The number of rotatable bonds is 6. The van der Waals surface area contributed by atoms with E-state index in [-0.39, 0.29) is 0 Å². The molecule has 0 amide bonds. The summed E-state index contributed by atoms with van der Waals surface area (Å²) in [5.41, 5.74) is 1.84. The molecule has 0 bridgehead atoms. The average molecular weight is 235 g/mol. The molecule has 1 rings (SSSR count). The smallest absolute Gasteiger partial charge is 0.332 e. The minimum atomic E-state index is -0.391. The third kappa shape index (κ3) is 5.17. The molecule has 0 spiro atoms. The maximum atomic E-state index is 11.1. The Morgan fingerprint density at radius 1 is 1.29 bits per heavy atom. The van der Waals surface area contributed by atoms with E-state index in [9.17, 15) is 4.79 Å². The second kappa shape index (κ2) is 7.46. The van der Waals surface area contributed by atoms with Gasteiger partial charge in [0.25, 0.3) is 0 Å². The van der Waals surface area contributed by atoms with Crippen LogP contribution in [-0.4, -0.2) is 26.8 Å². The summed E-state index contributed by atoms with van der Waals surface area (Å²) in [7, 11) is 2.93. The van der Waals surface area contributed by atoms with Gasteiger partial charge in [-0.2, -0.15) is 0 Å². The molecule has 1 aromatic rings. The molecule has 0 atom stereocenters. The molecule has 0 aromatic heterocycles. The van der Waals surface area contributed by atoms with Gasteiger partial charge in [-0.1, -0.05) is 30.3 Å². The third-order valence-corrected chi connectivity index (χ3v) is 2.16.